The maximum atomic E-state index is 5.96. The van der Waals surface area contributed by atoms with E-state index in [1.165, 1.54) is 16.7 Å². The minimum Gasteiger partial charge on any atom is -0.497 e. The Morgan fingerprint density at radius 3 is 3.00 bits per heavy atom. The zero-order valence-electron chi connectivity index (χ0n) is 12.6. The molecule has 0 saturated carbocycles. The van der Waals surface area contributed by atoms with Gasteiger partial charge >= 0.3 is 0 Å². The van der Waals surface area contributed by atoms with Gasteiger partial charge in [0.2, 0.25) is 0 Å². The molecule has 0 saturated heterocycles. The van der Waals surface area contributed by atoms with Gasteiger partial charge in [0.15, 0.2) is 0 Å². The number of hydrogen-bond donors (Lipinski definition) is 1. The SMILES string of the molecule is COc1cccc(CNCC2Cc3cc(C)ccc3O2)c1. The summed E-state index contributed by atoms with van der Waals surface area (Å²) in [5, 5.41) is 3.46. The molecule has 0 bridgehead atoms. The fourth-order valence-corrected chi connectivity index (χ4v) is 2.72. The van der Waals surface area contributed by atoms with Gasteiger partial charge in [0.05, 0.1) is 7.11 Å². The van der Waals surface area contributed by atoms with E-state index in [-0.39, 0.29) is 6.10 Å². The number of benzene rings is 2. The molecule has 1 aliphatic heterocycles. The minimum absolute atomic E-state index is 0.229. The number of hydrogen-bond acceptors (Lipinski definition) is 3. The Hall–Kier alpha value is -2.00. The van der Waals surface area contributed by atoms with Crippen LogP contribution in [0, 0.1) is 6.92 Å². The van der Waals surface area contributed by atoms with Gasteiger partial charge in [-0.15, -0.1) is 0 Å². The summed E-state index contributed by atoms with van der Waals surface area (Å²) < 4.78 is 11.2. The lowest BCUT2D eigenvalue weighted by molar-refractivity contribution is 0.227. The summed E-state index contributed by atoms with van der Waals surface area (Å²) in [6.07, 6.45) is 1.22. The molecule has 3 heteroatoms. The number of fused-ring (bicyclic) bond motifs is 1. The molecule has 0 aliphatic carbocycles. The van der Waals surface area contributed by atoms with Gasteiger partial charge in [0.25, 0.3) is 0 Å². The molecule has 21 heavy (non-hydrogen) atoms. The van der Waals surface area contributed by atoms with Gasteiger partial charge in [-0.1, -0.05) is 29.8 Å². The molecule has 3 nitrogen and oxygen atoms in total. The predicted octanol–water partition coefficient (Wildman–Crippen LogP) is 3.10. The fourth-order valence-electron chi connectivity index (χ4n) is 2.72. The molecule has 110 valence electrons. The van der Waals surface area contributed by atoms with E-state index in [0.29, 0.717) is 0 Å². The monoisotopic (exact) mass is 283 g/mol. The molecule has 1 N–H and O–H groups in total. The topological polar surface area (TPSA) is 30.5 Å². The molecule has 1 heterocycles. The summed E-state index contributed by atoms with van der Waals surface area (Å²) in [4.78, 5) is 0. The number of rotatable bonds is 5. The average Bonchev–Trinajstić information content (AvgIpc) is 2.89. The van der Waals surface area contributed by atoms with Crippen LogP contribution in [-0.4, -0.2) is 19.8 Å². The van der Waals surface area contributed by atoms with Gasteiger partial charge in [-0.25, -0.2) is 0 Å². The first-order valence-electron chi connectivity index (χ1n) is 7.34. The Bertz CT molecular complexity index is 624. The zero-order chi connectivity index (χ0) is 14.7. The van der Waals surface area contributed by atoms with E-state index in [2.05, 4.69) is 42.6 Å². The maximum Gasteiger partial charge on any atom is 0.123 e. The summed E-state index contributed by atoms with van der Waals surface area (Å²) in [6.45, 7) is 3.80. The summed E-state index contributed by atoms with van der Waals surface area (Å²) >= 11 is 0. The number of methoxy groups -OCH3 is 1. The third-order valence-corrected chi connectivity index (χ3v) is 3.79. The van der Waals surface area contributed by atoms with Crippen LogP contribution in [0.25, 0.3) is 0 Å². The maximum absolute atomic E-state index is 5.96. The van der Waals surface area contributed by atoms with Gasteiger partial charge < -0.3 is 14.8 Å². The van der Waals surface area contributed by atoms with Crippen molar-refractivity contribution in [2.45, 2.75) is 26.0 Å². The second-order valence-electron chi connectivity index (χ2n) is 5.54. The van der Waals surface area contributed by atoms with Gasteiger partial charge in [-0.2, -0.15) is 0 Å². The molecule has 1 aliphatic rings. The Balaban J connectivity index is 1.51. The Morgan fingerprint density at radius 1 is 1.24 bits per heavy atom. The van der Waals surface area contributed by atoms with Crippen molar-refractivity contribution in [1.82, 2.24) is 5.32 Å². The van der Waals surface area contributed by atoms with Gasteiger partial charge in [0.1, 0.15) is 17.6 Å². The van der Waals surface area contributed by atoms with Crippen LogP contribution in [0.4, 0.5) is 0 Å². The second-order valence-corrected chi connectivity index (χ2v) is 5.54. The largest absolute Gasteiger partial charge is 0.497 e. The fraction of sp³-hybridized carbons (Fsp3) is 0.333. The van der Waals surface area contributed by atoms with Crippen LogP contribution in [0.1, 0.15) is 16.7 Å². The highest BCUT2D eigenvalue weighted by Crippen LogP contribution is 2.29. The highest BCUT2D eigenvalue weighted by atomic mass is 16.5. The van der Waals surface area contributed by atoms with Crippen molar-refractivity contribution in [3.05, 3.63) is 59.2 Å². The summed E-state index contributed by atoms with van der Waals surface area (Å²) in [6, 6.07) is 14.5. The van der Waals surface area contributed by atoms with Crippen molar-refractivity contribution in [2.75, 3.05) is 13.7 Å². The smallest absolute Gasteiger partial charge is 0.123 e. The molecule has 3 rings (SSSR count). The zero-order valence-corrected chi connectivity index (χ0v) is 12.6. The molecule has 0 amide bonds. The lowest BCUT2D eigenvalue weighted by atomic mass is 10.1. The second kappa shape index (κ2) is 6.19. The van der Waals surface area contributed by atoms with Crippen molar-refractivity contribution in [3.63, 3.8) is 0 Å². The number of ether oxygens (including phenoxy) is 2. The molecule has 0 radical (unpaired) electrons. The van der Waals surface area contributed by atoms with E-state index >= 15 is 0 Å². The summed E-state index contributed by atoms with van der Waals surface area (Å²) in [5.41, 5.74) is 3.84. The third kappa shape index (κ3) is 3.37. The first-order valence-corrected chi connectivity index (χ1v) is 7.34. The average molecular weight is 283 g/mol. The Kier molecular flexibility index (Phi) is 4.11. The van der Waals surface area contributed by atoms with E-state index in [1.807, 2.05) is 12.1 Å². The van der Waals surface area contributed by atoms with Gasteiger partial charge in [-0.05, 0) is 36.2 Å². The lowest BCUT2D eigenvalue weighted by Gasteiger charge is -2.12. The van der Waals surface area contributed by atoms with Gasteiger partial charge in [-0.3, -0.25) is 0 Å². The van der Waals surface area contributed by atoms with Crippen molar-refractivity contribution < 1.29 is 9.47 Å². The van der Waals surface area contributed by atoms with Crippen molar-refractivity contribution in [1.29, 1.82) is 0 Å². The number of aryl methyl sites for hydroxylation is 1. The normalized spacial score (nSPS) is 16.4. The molecule has 1 atom stereocenters. The minimum atomic E-state index is 0.229. The van der Waals surface area contributed by atoms with E-state index in [1.54, 1.807) is 7.11 Å². The summed E-state index contributed by atoms with van der Waals surface area (Å²) in [5.74, 6) is 1.93. The highest BCUT2D eigenvalue weighted by molar-refractivity contribution is 5.40. The molecule has 1 unspecified atom stereocenters. The molecular weight excluding hydrogens is 262 g/mol. The van der Waals surface area contributed by atoms with E-state index in [0.717, 1.165) is 31.0 Å². The first-order chi connectivity index (χ1) is 10.2. The standard InChI is InChI=1S/C18H21NO2/c1-13-6-7-18-15(8-13)10-17(21-18)12-19-11-14-4-3-5-16(9-14)20-2/h3-9,17,19H,10-12H2,1-2H3. The predicted molar refractivity (Wildman–Crippen MR) is 84.0 cm³/mol. The number of nitrogens with one attached hydrogen (secondary N) is 1. The van der Waals surface area contributed by atoms with Crippen LogP contribution < -0.4 is 14.8 Å². The molecule has 0 fully saturated rings. The van der Waals surface area contributed by atoms with Crippen LogP contribution in [0.2, 0.25) is 0 Å². The molecular formula is C18H21NO2. The quantitative estimate of drug-likeness (QED) is 0.914. The van der Waals surface area contributed by atoms with Crippen LogP contribution in [0.5, 0.6) is 11.5 Å². The molecule has 2 aromatic carbocycles. The molecule has 2 aromatic rings. The van der Waals surface area contributed by atoms with Crippen molar-refractivity contribution in [2.24, 2.45) is 0 Å². The lowest BCUT2D eigenvalue weighted by Crippen LogP contribution is -2.29. The first kappa shape index (κ1) is 14.0. The van der Waals surface area contributed by atoms with Crippen LogP contribution in [-0.2, 0) is 13.0 Å². The highest BCUT2D eigenvalue weighted by Gasteiger charge is 2.22. The van der Waals surface area contributed by atoms with Gasteiger partial charge in [0, 0.05) is 19.5 Å². The molecule has 0 aromatic heterocycles. The Morgan fingerprint density at radius 2 is 2.14 bits per heavy atom. The van der Waals surface area contributed by atoms with Crippen molar-refractivity contribution >= 4 is 0 Å². The van der Waals surface area contributed by atoms with Crippen LogP contribution in [0.3, 0.4) is 0 Å². The Labute approximate surface area is 125 Å². The van der Waals surface area contributed by atoms with Crippen molar-refractivity contribution in [3.8, 4) is 11.5 Å². The third-order valence-electron chi connectivity index (χ3n) is 3.79. The van der Waals surface area contributed by atoms with Crippen LogP contribution in [0.15, 0.2) is 42.5 Å². The van der Waals surface area contributed by atoms with E-state index < -0.39 is 0 Å². The van der Waals surface area contributed by atoms with E-state index in [9.17, 15) is 0 Å². The van der Waals surface area contributed by atoms with E-state index in [4.69, 9.17) is 9.47 Å². The molecule has 0 spiro atoms. The summed E-state index contributed by atoms with van der Waals surface area (Å²) in [7, 11) is 1.69. The van der Waals surface area contributed by atoms with Crippen LogP contribution >= 0.6 is 0 Å².